The highest BCUT2D eigenvalue weighted by Gasteiger charge is 2.15. The summed E-state index contributed by atoms with van der Waals surface area (Å²) in [7, 11) is 2.14. The molecule has 1 aliphatic heterocycles. The van der Waals surface area contributed by atoms with Gasteiger partial charge in [0.05, 0.1) is 0 Å². The van der Waals surface area contributed by atoms with E-state index in [1.165, 1.54) is 5.69 Å². The van der Waals surface area contributed by atoms with Gasteiger partial charge in [0.15, 0.2) is 0 Å². The Morgan fingerprint density at radius 3 is 2.41 bits per heavy atom. The van der Waals surface area contributed by atoms with Crippen LogP contribution >= 0.6 is 0 Å². The zero-order valence-electron chi connectivity index (χ0n) is 10.4. The van der Waals surface area contributed by atoms with Crippen LogP contribution < -0.4 is 10.6 Å². The minimum atomic E-state index is -0.354. The summed E-state index contributed by atoms with van der Waals surface area (Å²) >= 11 is 0. The molecule has 92 valence electrons. The second-order valence-corrected chi connectivity index (χ2v) is 4.65. The van der Waals surface area contributed by atoms with E-state index in [0.29, 0.717) is 5.56 Å². The predicted molar refractivity (Wildman–Crippen MR) is 69.4 cm³/mol. The summed E-state index contributed by atoms with van der Waals surface area (Å²) in [6.45, 7) is 6.16. The standard InChI is InChI=1S/C13H19N3O/c1-10-9-11(3-4-12(10)13(14)17)16-7-5-15(2)6-8-16/h3-4,9H,5-8H2,1-2H3,(H2,14,17). The molecule has 17 heavy (non-hydrogen) atoms. The molecular formula is C13H19N3O. The minimum absolute atomic E-state index is 0.354. The summed E-state index contributed by atoms with van der Waals surface area (Å²) in [6, 6.07) is 5.86. The van der Waals surface area contributed by atoms with Gasteiger partial charge in [0.25, 0.3) is 0 Å². The molecule has 1 saturated heterocycles. The molecule has 1 aromatic rings. The summed E-state index contributed by atoms with van der Waals surface area (Å²) in [4.78, 5) is 15.8. The molecule has 0 unspecified atom stereocenters. The van der Waals surface area contributed by atoms with Gasteiger partial charge in [-0.15, -0.1) is 0 Å². The summed E-state index contributed by atoms with van der Waals surface area (Å²) in [5.74, 6) is -0.354. The number of benzene rings is 1. The van der Waals surface area contributed by atoms with Crippen molar-refractivity contribution in [2.24, 2.45) is 5.73 Å². The first-order valence-corrected chi connectivity index (χ1v) is 5.92. The highest BCUT2D eigenvalue weighted by Crippen LogP contribution is 2.20. The van der Waals surface area contributed by atoms with E-state index in [1.54, 1.807) is 0 Å². The van der Waals surface area contributed by atoms with Gasteiger partial charge in [-0.25, -0.2) is 0 Å². The number of piperazine rings is 1. The number of hydrogen-bond acceptors (Lipinski definition) is 3. The largest absolute Gasteiger partial charge is 0.369 e. The molecular weight excluding hydrogens is 214 g/mol. The van der Waals surface area contributed by atoms with Gasteiger partial charge in [0.1, 0.15) is 0 Å². The molecule has 0 aromatic heterocycles. The minimum Gasteiger partial charge on any atom is -0.369 e. The van der Waals surface area contributed by atoms with Gasteiger partial charge < -0.3 is 15.5 Å². The molecule has 0 radical (unpaired) electrons. The number of amides is 1. The first-order chi connectivity index (χ1) is 8.08. The Bertz CT molecular complexity index is 423. The number of carbonyl (C=O) groups is 1. The number of anilines is 1. The maximum absolute atomic E-state index is 11.2. The van der Waals surface area contributed by atoms with Gasteiger partial charge in [-0.3, -0.25) is 4.79 Å². The monoisotopic (exact) mass is 233 g/mol. The number of rotatable bonds is 2. The third-order valence-corrected chi connectivity index (χ3v) is 3.34. The highest BCUT2D eigenvalue weighted by atomic mass is 16.1. The SMILES string of the molecule is Cc1cc(N2CCN(C)CC2)ccc1C(N)=O. The molecule has 4 heteroatoms. The lowest BCUT2D eigenvalue weighted by Gasteiger charge is -2.34. The Kier molecular flexibility index (Phi) is 3.33. The molecule has 0 spiro atoms. The van der Waals surface area contributed by atoms with Crippen molar-refractivity contribution in [1.29, 1.82) is 0 Å². The number of carbonyl (C=O) groups excluding carboxylic acids is 1. The molecule has 0 saturated carbocycles. The van der Waals surface area contributed by atoms with E-state index in [1.807, 2.05) is 25.1 Å². The Morgan fingerprint density at radius 1 is 1.24 bits per heavy atom. The summed E-state index contributed by atoms with van der Waals surface area (Å²) in [5.41, 5.74) is 8.05. The van der Waals surface area contributed by atoms with Crippen LogP contribution in [0.15, 0.2) is 18.2 Å². The van der Waals surface area contributed by atoms with Crippen LogP contribution in [-0.4, -0.2) is 44.0 Å². The third-order valence-electron chi connectivity index (χ3n) is 3.34. The molecule has 1 fully saturated rings. The van der Waals surface area contributed by atoms with Gasteiger partial charge in [0, 0.05) is 37.4 Å². The van der Waals surface area contributed by atoms with Crippen molar-refractivity contribution in [2.75, 3.05) is 38.1 Å². The van der Waals surface area contributed by atoms with Crippen LogP contribution in [0.25, 0.3) is 0 Å². The Hall–Kier alpha value is -1.55. The van der Waals surface area contributed by atoms with Crippen LogP contribution in [0, 0.1) is 6.92 Å². The summed E-state index contributed by atoms with van der Waals surface area (Å²) in [5, 5.41) is 0. The maximum atomic E-state index is 11.2. The third kappa shape index (κ3) is 2.58. The summed E-state index contributed by atoms with van der Waals surface area (Å²) < 4.78 is 0. The average Bonchev–Trinajstić information content (AvgIpc) is 2.29. The quantitative estimate of drug-likeness (QED) is 0.823. The van der Waals surface area contributed by atoms with Crippen LogP contribution in [0.2, 0.25) is 0 Å². The van der Waals surface area contributed by atoms with Gasteiger partial charge in [-0.05, 0) is 37.7 Å². The second kappa shape index (κ2) is 4.75. The molecule has 0 aliphatic carbocycles. The Labute approximate surface area is 102 Å². The van der Waals surface area contributed by atoms with Crippen molar-refractivity contribution in [3.8, 4) is 0 Å². The Morgan fingerprint density at radius 2 is 1.88 bits per heavy atom. The van der Waals surface area contributed by atoms with Crippen LogP contribution in [0.4, 0.5) is 5.69 Å². The molecule has 0 bridgehead atoms. The van der Waals surface area contributed by atoms with E-state index >= 15 is 0 Å². The lowest BCUT2D eigenvalue weighted by molar-refractivity contribution is 0.1000. The second-order valence-electron chi connectivity index (χ2n) is 4.65. The first kappa shape index (κ1) is 11.9. The van der Waals surface area contributed by atoms with Crippen LogP contribution in [-0.2, 0) is 0 Å². The topological polar surface area (TPSA) is 49.6 Å². The van der Waals surface area contributed by atoms with Gasteiger partial charge in [0.2, 0.25) is 5.91 Å². The fourth-order valence-corrected chi connectivity index (χ4v) is 2.19. The molecule has 2 rings (SSSR count). The van der Waals surface area contributed by atoms with E-state index in [2.05, 4.69) is 16.8 Å². The number of likely N-dealkylation sites (N-methyl/N-ethyl adjacent to an activating group) is 1. The van der Waals surface area contributed by atoms with E-state index in [9.17, 15) is 4.79 Å². The molecule has 1 aliphatic rings. The fourth-order valence-electron chi connectivity index (χ4n) is 2.19. The molecule has 0 atom stereocenters. The lowest BCUT2D eigenvalue weighted by atomic mass is 10.1. The van der Waals surface area contributed by atoms with Crippen molar-refractivity contribution in [2.45, 2.75) is 6.92 Å². The van der Waals surface area contributed by atoms with Gasteiger partial charge in [-0.1, -0.05) is 0 Å². The number of aryl methyl sites for hydroxylation is 1. The van der Waals surface area contributed by atoms with Crippen molar-refractivity contribution in [3.05, 3.63) is 29.3 Å². The van der Waals surface area contributed by atoms with E-state index < -0.39 is 0 Å². The molecule has 1 amide bonds. The van der Waals surface area contributed by atoms with E-state index in [4.69, 9.17) is 5.73 Å². The summed E-state index contributed by atoms with van der Waals surface area (Å²) in [6.07, 6.45) is 0. The van der Waals surface area contributed by atoms with Crippen molar-refractivity contribution in [3.63, 3.8) is 0 Å². The first-order valence-electron chi connectivity index (χ1n) is 5.92. The van der Waals surface area contributed by atoms with Crippen LogP contribution in [0.5, 0.6) is 0 Å². The predicted octanol–water partition coefficient (Wildman–Crippen LogP) is 0.846. The fraction of sp³-hybridized carbons (Fsp3) is 0.462. The number of hydrogen-bond donors (Lipinski definition) is 1. The molecule has 2 N–H and O–H groups in total. The van der Waals surface area contributed by atoms with E-state index in [-0.39, 0.29) is 5.91 Å². The maximum Gasteiger partial charge on any atom is 0.248 e. The van der Waals surface area contributed by atoms with Crippen LogP contribution in [0.3, 0.4) is 0 Å². The molecule has 1 aromatic carbocycles. The molecule has 1 heterocycles. The van der Waals surface area contributed by atoms with Crippen molar-refractivity contribution >= 4 is 11.6 Å². The van der Waals surface area contributed by atoms with Crippen LogP contribution in [0.1, 0.15) is 15.9 Å². The zero-order chi connectivity index (χ0) is 12.4. The lowest BCUT2D eigenvalue weighted by Crippen LogP contribution is -2.44. The smallest absolute Gasteiger partial charge is 0.248 e. The average molecular weight is 233 g/mol. The Balaban J connectivity index is 2.17. The van der Waals surface area contributed by atoms with Crippen molar-refractivity contribution in [1.82, 2.24) is 4.90 Å². The van der Waals surface area contributed by atoms with E-state index in [0.717, 1.165) is 31.7 Å². The number of nitrogens with zero attached hydrogens (tertiary/aromatic N) is 2. The highest BCUT2D eigenvalue weighted by molar-refractivity contribution is 5.94. The normalized spacial score (nSPS) is 17.2. The van der Waals surface area contributed by atoms with Gasteiger partial charge in [-0.2, -0.15) is 0 Å². The van der Waals surface area contributed by atoms with Crippen molar-refractivity contribution < 1.29 is 4.79 Å². The number of primary amides is 1. The van der Waals surface area contributed by atoms with Gasteiger partial charge >= 0.3 is 0 Å². The number of nitrogens with two attached hydrogens (primary N) is 1. The zero-order valence-corrected chi connectivity index (χ0v) is 10.4. The molecule has 4 nitrogen and oxygen atoms in total.